The first-order valence-corrected chi connectivity index (χ1v) is 5.70. The van der Waals surface area contributed by atoms with Crippen molar-refractivity contribution in [1.29, 1.82) is 0 Å². The molecule has 5 heteroatoms. The van der Waals surface area contributed by atoms with Crippen LogP contribution in [-0.2, 0) is 5.75 Å². The Morgan fingerprint density at radius 1 is 1.53 bits per heavy atom. The molecule has 0 heterocycles. The maximum Gasteiger partial charge on any atom is 0.292 e. The summed E-state index contributed by atoms with van der Waals surface area (Å²) in [6.45, 7) is 4.22. The Labute approximate surface area is 93.0 Å². The molecule has 0 radical (unpaired) electrons. The number of nitro groups is 1. The lowest BCUT2D eigenvalue weighted by atomic mass is 10.2. The van der Waals surface area contributed by atoms with Crippen molar-refractivity contribution in [3.8, 4) is 0 Å². The minimum Gasteiger partial charge on any atom is -0.393 e. The van der Waals surface area contributed by atoms with Gasteiger partial charge in [-0.3, -0.25) is 10.1 Å². The summed E-state index contributed by atoms with van der Waals surface area (Å²) in [6.07, 6.45) is 0. The second-order valence-corrected chi connectivity index (χ2v) is 5.07. The Morgan fingerprint density at radius 3 is 2.67 bits per heavy atom. The zero-order chi connectivity index (χ0) is 11.4. The lowest BCUT2D eigenvalue weighted by molar-refractivity contribution is -0.383. The molecule has 0 aliphatic heterocycles. The molecule has 0 aliphatic rings. The highest BCUT2D eigenvalue weighted by Crippen LogP contribution is 2.25. The molecule has 1 rings (SSSR count). The van der Waals surface area contributed by atoms with Gasteiger partial charge in [-0.2, -0.15) is 11.8 Å². The molecule has 82 valence electrons. The van der Waals surface area contributed by atoms with Gasteiger partial charge in [0.05, 0.1) is 4.92 Å². The Morgan fingerprint density at radius 2 is 2.20 bits per heavy atom. The molecule has 0 saturated heterocycles. The first-order chi connectivity index (χ1) is 7.00. The average Bonchev–Trinajstić information content (AvgIpc) is 2.14. The van der Waals surface area contributed by atoms with E-state index in [1.165, 1.54) is 6.07 Å². The Kier molecular flexibility index (Phi) is 3.96. The van der Waals surface area contributed by atoms with Gasteiger partial charge in [0.1, 0.15) is 5.69 Å². The van der Waals surface area contributed by atoms with Gasteiger partial charge >= 0.3 is 0 Å². The summed E-state index contributed by atoms with van der Waals surface area (Å²) in [7, 11) is 0. The molecule has 0 fully saturated rings. The minimum atomic E-state index is -0.464. The van der Waals surface area contributed by atoms with Crippen LogP contribution in [-0.4, -0.2) is 10.2 Å². The summed E-state index contributed by atoms with van der Waals surface area (Å²) >= 11 is 1.78. The zero-order valence-corrected chi connectivity index (χ0v) is 9.58. The molecule has 1 aromatic rings. The lowest BCUT2D eigenvalue weighted by Crippen LogP contribution is -1.97. The molecular weight excluding hydrogens is 212 g/mol. The van der Waals surface area contributed by atoms with E-state index in [9.17, 15) is 10.1 Å². The maximum atomic E-state index is 10.5. The highest BCUT2D eigenvalue weighted by Gasteiger charge is 2.10. The van der Waals surface area contributed by atoms with Gasteiger partial charge in [0, 0.05) is 11.8 Å². The van der Waals surface area contributed by atoms with Crippen LogP contribution >= 0.6 is 11.8 Å². The van der Waals surface area contributed by atoms with Crippen molar-refractivity contribution in [1.82, 2.24) is 0 Å². The van der Waals surface area contributed by atoms with Gasteiger partial charge in [-0.05, 0) is 16.9 Å². The molecule has 0 amide bonds. The van der Waals surface area contributed by atoms with Gasteiger partial charge in [0.2, 0.25) is 0 Å². The van der Waals surface area contributed by atoms with Crippen LogP contribution in [0.25, 0.3) is 0 Å². The van der Waals surface area contributed by atoms with Gasteiger partial charge in [0.15, 0.2) is 0 Å². The monoisotopic (exact) mass is 226 g/mol. The average molecular weight is 226 g/mol. The summed E-state index contributed by atoms with van der Waals surface area (Å²) in [6, 6.07) is 4.89. The second-order valence-electron chi connectivity index (χ2n) is 3.51. The number of nitrogens with two attached hydrogens (primary N) is 1. The Hall–Kier alpha value is -1.23. The maximum absolute atomic E-state index is 10.5. The molecule has 0 atom stereocenters. The SMILES string of the molecule is CC(C)SCc1ccc([N+](=O)[O-])c(N)c1. The standard InChI is InChI=1S/C10H14N2O2S/c1-7(2)15-6-8-3-4-10(12(13)14)9(11)5-8/h3-5,7H,6,11H2,1-2H3. The fourth-order valence-corrected chi connectivity index (χ4v) is 1.83. The number of rotatable bonds is 4. The zero-order valence-electron chi connectivity index (χ0n) is 8.77. The number of hydrogen-bond donors (Lipinski definition) is 1. The summed E-state index contributed by atoms with van der Waals surface area (Å²) in [5.74, 6) is 0.833. The topological polar surface area (TPSA) is 69.2 Å². The fourth-order valence-electron chi connectivity index (χ4n) is 1.12. The molecule has 15 heavy (non-hydrogen) atoms. The third kappa shape index (κ3) is 3.43. The molecule has 4 nitrogen and oxygen atoms in total. The van der Waals surface area contributed by atoms with E-state index in [4.69, 9.17) is 5.73 Å². The number of hydrogen-bond acceptors (Lipinski definition) is 4. The van der Waals surface area contributed by atoms with Gasteiger partial charge < -0.3 is 5.73 Å². The summed E-state index contributed by atoms with van der Waals surface area (Å²) < 4.78 is 0. The smallest absolute Gasteiger partial charge is 0.292 e. The second kappa shape index (κ2) is 5.02. The van der Waals surface area contributed by atoms with Gasteiger partial charge in [0.25, 0.3) is 5.69 Å². The van der Waals surface area contributed by atoms with E-state index in [1.807, 2.05) is 0 Å². The lowest BCUT2D eigenvalue weighted by Gasteiger charge is -2.05. The Balaban J connectivity index is 2.78. The van der Waals surface area contributed by atoms with E-state index in [1.54, 1.807) is 23.9 Å². The minimum absolute atomic E-state index is 0.0201. The molecule has 0 aliphatic carbocycles. The number of thioether (sulfide) groups is 1. The normalized spacial score (nSPS) is 10.6. The van der Waals surface area contributed by atoms with Crippen molar-refractivity contribution in [2.45, 2.75) is 24.9 Å². The summed E-state index contributed by atoms with van der Waals surface area (Å²) in [4.78, 5) is 10.1. The van der Waals surface area contributed by atoms with E-state index in [0.29, 0.717) is 5.25 Å². The fraction of sp³-hybridized carbons (Fsp3) is 0.400. The van der Waals surface area contributed by atoms with Crippen LogP contribution in [0.15, 0.2) is 18.2 Å². The third-order valence-corrected chi connectivity index (χ3v) is 3.04. The van der Waals surface area contributed by atoms with E-state index in [0.717, 1.165) is 11.3 Å². The van der Waals surface area contributed by atoms with Crippen LogP contribution in [0.3, 0.4) is 0 Å². The van der Waals surface area contributed by atoms with Crippen LogP contribution in [0.2, 0.25) is 0 Å². The van der Waals surface area contributed by atoms with E-state index < -0.39 is 4.92 Å². The summed E-state index contributed by atoms with van der Waals surface area (Å²) in [5, 5.41) is 11.1. The van der Waals surface area contributed by atoms with Gasteiger partial charge in [-0.15, -0.1) is 0 Å². The van der Waals surface area contributed by atoms with Crippen molar-refractivity contribution in [2.75, 3.05) is 5.73 Å². The van der Waals surface area contributed by atoms with Crippen molar-refractivity contribution in [2.24, 2.45) is 0 Å². The number of nitrogens with zero attached hydrogens (tertiary/aromatic N) is 1. The number of anilines is 1. The van der Waals surface area contributed by atoms with Gasteiger partial charge in [-0.1, -0.05) is 19.9 Å². The van der Waals surface area contributed by atoms with Crippen LogP contribution in [0.1, 0.15) is 19.4 Å². The predicted octanol–water partition coefficient (Wildman–Crippen LogP) is 2.82. The first-order valence-electron chi connectivity index (χ1n) is 4.65. The molecule has 0 unspecified atom stereocenters. The predicted molar refractivity (Wildman–Crippen MR) is 63.9 cm³/mol. The highest BCUT2D eigenvalue weighted by atomic mass is 32.2. The number of nitrogen functional groups attached to an aromatic ring is 1. The summed E-state index contributed by atoms with van der Waals surface area (Å²) in [5.41, 5.74) is 6.82. The van der Waals surface area contributed by atoms with Crippen LogP contribution in [0, 0.1) is 10.1 Å². The molecule has 0 spiro atoms. The number of benzene rings is 1. The van der Waals surface area contributed by atoms with Gasteiger partial charge in [-0.25, -0.2) is 0 Å². The quantitative estimate of drug-likeness (QED) is 0.487. The largest absolute Gasteiger partial charge is 0.393 e. The molecule has 0 saturated carbocycles. The molecular formula is C10H14N2O2S. The Bertz CT molecular complexity index is 366. The number of nitro benzene ring substituents is 1. The third-order valence-electron chi connectivity index (χ3n) is 1.87. The van der Waals surface area contributed by atoms with E-state index in [-0.39, 0.29) is 11.4 Å². The van der Waals surface area contributed by atoms with Crippen molar-refractivity contribution < 1.29 is 4.92 Å². The van der Waals surface area contributed by atoms with E-state index >= 15 is 0 Å². The van der Waals surface area contributed by atoms with Crippen LogP contribution in [0.5, 0.6) is 0 Å². The molecule has 2 N–H and O–H groups in total. The van der Waals surface area contributed by atoms with Crippen LogP contribution < -0.4 is 5.73 Å². The van der Waals surface area contributed by atoms with Crippen molar-refractivity contribution >= 4 is 23.1 Å². The highest BCUT2D eigenvalue weighted by molar-refractivity contribution is 7.99. The van der Waals surface area contributed by atoms with Crippen molar-refractivity contribution in [3.05, 3.63) is 33.9 Å². The van der Waals surface area contributed by atoms with E-state index in [2.05, 4.69) is 13.8 Å². The molecule has 1 aromatic carbocycles. The molecule has 0 aromatic heterocycles. The molecule has 0 bridgehead atoms. The van der Waals surface area contributed by atoms with Crippen LogP contribution in [0.4, 0.5) is 11.4 Å². The first kappa shape index (κ1) is 11.8. The van der Waals surface area contributed by atoms with Crippen molar-refractivity contribution in [3.63, 3.8) is 0 Å².